The molecule has 1 aromatic rings. The van der Waals surface area contributed by atoms with E-state index in [4.69, 9.17) is 15.2 Å². The van der Waals surface area contributed by atoms with E-state index in [1.807, 2.05) is 6.07 Å². The fourth-order valence-corrected chi connectivity index (χ4v) is 2.96. The highest BCUT2D eigenvalue weighted by molar-refractivity contribution is 5.43. The lowest BCUT2D eigenvalue weighted by molar-refractivity contribution is 0.134. The second kappa shape index (κ2) is 6.95. The number of rotatable bonds is 5. The fourth-order valence-electron chi connectivity index (χ4n) is 2.96. The van der Waals surface area contributed by atoms with Crippen LogP contribution in [-0.2, 0) is 0 Å². The predicted octanol–water partition coefficient (Wildman–Crippen LogP) is 2.44. The third-order valence-electron chi connectivity index (χ3n) is 4.32. The Morgan fingerprint density at radius 3 is 2.70 bits per heavy atom. The molecule has 0 radical (unpaired) electrons. The Labute approximate surface area is 121 Å². The first kappa shape index (κ1) is 15.1. The number of piperidine rings is 1. The molecule has 0 bridgehead atoms. The van der Waals surface area contributed by atoms with E-state index < -0.39 is 0 Å². The summed E-state index contributed by atoms with van der Waals surface area (Å²) in [4.78, 5) is 2.52. The largest absolute Gasteiger partial charge is 0.493 e. The summed E-state index contributed by atoms with van der Waals surface area (Å²) < 4.78 is 10.7. The summed E-state index contributed by atoms with van der Waals surface area (Å²) in [6, 6.07) is 6.56. The lowest BCUT2D eigenvalue weighted by Gasteiger charge is -2.36. The van der Waals surface area contributed by atoms with Crippen molar-refractivity contribution in [3.05, 3.63) is 23.8 Å². The summed E-state index contributed by atoms with van der Waals surface area (Å²) in [5.41, 5.74) is 7.09. The molecule has 4 heteroatoms. The van der Waals surface area contributed by atoms with Crippen LogP contribution in [0.2, 0.25) is 0 Å². The molecule has 1 heterocycles. The monoisotopic (exact) mass is 278 g/mol. The van der Waals surface area contributed by atoms with Crippen LogP contribution in [0.4, 0.5) is 0 Å². The van der Waals surface area contributed by atoms with Gasteiger partial charge in [0.1, 0.15) is 0 Å². The Morgan fingerprint density at radius 1 is 1.30 bits per heavy atom. The van der Waals surface area contributed by atoms with Crippen molar-refractivity contribution < 1.29 is 9.47 Å². The van der Waals surface area contributed by atoms with Gasteiger partial charge in [0.05, 0.1) is 14.2 Å². The number of hydrogen-bond donors (Lipinski definition) is 1. The second-order valence-electron chi connectivity index (χ2n) is 5.53. The Bertz CT molecular complexity index is 436. The van der Waals surface area contributed by atoms with Gasteiger partial charge in [-0.2, -0.15) is 0 Å². The van der Waals surface area contributed by atoms with Gasteiger partial charge < -0.3 is 15.2 Å². The number of nitrogens with two attached hydrogens (primary N) is 1. The number of benzene rings is 1. The Balaban J connectivity index is 2.13. The van der Waals surface area contributed by atoms with Gasteiger partial charge in [0, 0.05) is 12.6 Å². The lowest BCUT2D eigenvalue weighted by atomic mass is 9.95. The van der Waals surface area contributed by atoms with E-state index in [0.29, 0.717) is 12.0 Å². The highest BCUT2D eigenvalue weighted by Gasteiger charge is 2.24. The van der Waals surface area contributed by atoms with Gasteiger partial charge in [0.2, 0.25) is 0 Å². The molecule has 4 nitrogen and oxygen atoms in total. The molecule has 2 N–H and O–H groups in total. The molecule has 2 unspecified atom stereocenters. The van der Waals surface area contributed by atoms with Crippen LogP contribution >= 0.6 is 0 Å². The van der Waals surface area contributed by atoms with Crippen molar-refractivity contribution in [1.82, 2.24) is 4.90 Å². The normalized spacial score (nSPS) is 21.5. The van der Waals surface area contributed by atoms with Crippen molar-refractivity contribution in [3.63, 3.8) is 0 Å². The van der Waals surface area contributed by atoms with Gasteiger partial charge in [-0.05, 0) is 56.5 Å². The van der Waals surface area contributed by atoms with Gasteiger partial charge in [-0.3, -0.25) is 4.90 Å². The van der Waals surface area contributed by atoms with E-state index in [9.17, 15) is 0 Å². The zero-order chi connectivity index (χ0) is 14.5. The topological polar surface area (TPSA) is 47.7 Å². The van der Waals surface area contributed by atoms with E-state index in [2.05, 4.69) is 24.0 Å². The highest BCUT2D eigenvalue weighted by atomic mass is 16.5. The molecule has 112 valence electrons. The smallest absolute Gasteiger partial charge is 0.161 e. The molecule has 0 saturated carbocycles. The van der Waals surface area contributed by atoms with E-state index in [1.54, 1.807) is 14.2 Å². The molecule has 0 aliphatic carbocycles. The summed E-state index contributed by atoms with van der Waals surface area (Å²) in [6.45, 7) is 5.27. The van der Waals surface area contributed by atoms with Gasteiger partial charge in [0.15, 0.2) is 11.5 Å². The Hall–Kier alpha value is -1.26. The van der Waals surface area contributed by atoms with E-state index >= 15 is 0 Å². The molecule has 20 heavy (non-hydrogen) atoms. The van der Waals surface area contributed by atoms with Gasteiger partial charge in [-0.25, -0.2) is 0 Å². The van der Waals surface area contributed by atoms with Crippen molar-refractivity contribution in [2.75, 3.05) is 33.9 Å². The van der Waals surface area contributed by atoms with Crippen molar-refractivity contribution >= 4 is 0 Å². The van der Waals surface area contributed by atoms with Crippen LogP contribution in [0.5, 0.6) is 11.5 Å². The van der Waals surface area contributed by atoms with Crippen molar-refractivity contribution in [1.29, 1.82) is 0 Å². The Morgan fingerprint density at radius 2 is 2.05 bits per heavy atom. The lowest BCUT2D eigenvalue weighted by Crippen LogP contribution is -2.39. The molecule has 1 aliphatic heterocycles. The summed E-state index contributed by atoms with van der Waals surface area (Å²) in [5.74, 6) is 2.21. The number of nitrogens with zero attached hydrogens (tertiary/aromatic N) is 1. The molecule has 0 amide bonds. The van der Waals surface area contributed by atoms with Crippen LogP contribution in [-0.4, -0.2) is 38.8 Å². The average Bonchev–Trinajstić information content (AvgIpc) is 2.53. The molecule has 1 aromatic carbocycles. The van der Waals surface area contributed by atoms with Crippen LogP contribution in [0.15, 0.2) is 18.2 Å². The molecule has 2 atom stereocenters. The molecule has 0 spiro atoms. The Kier molecular flexibility index (Phi) is 5.26. The standard InChI is InChI=1S/C16H26N2O2/c1-12(18-8-4-5-13(10-17)11-18)14-6-7-15(19-2)16(9-14)20-3/h6-7,9,12-13H,4-5,8,10-11,17H2,1-3H3. The minimum Gasteiger partial charge on any atom is -0.493 e. The summed E-state index contributed by atoms with van der Waals surface area (Å²) in [6.07, 6.45) is 2.49. The van der Waals surface area contributed by atoms with Crippen LogP contribution in [0.3, 0.4) is 0 Å². The first-order chi connectivity index (χ1) is 9.69. The number of likely N-dealkylation sites (tertiary alicyclic amines) is 1. The van der Waals surface area contributed by atoms with Crippen molar-refractivity contribution in [2.45, 2.75) is 25.8 Å². The zero-order valence-electron chi connectivity index (χ0n) is 12.8. The van der Waals surface area contributed by atoms with Gasteiger partial charge in [-0.1, -0.05) is 6.07 Å². The van der Waals surface area contributed by atoms with Gasteiger partial charge in [0.25, 0.3) is 0 Å². The zero-order valence-corrected chi connectivity index (χ0v) is 12.8. The van der Waals surface area contributed by atoms with E-state index in [-0.39, 0.29) is 0 Å². The second-order valence-corrected chi connectivity index (χ2v) is 5.53. The highest BCUT2D eigenvalue weighted by Crippen LogP contribution is 2.33. The van der Waals surface area contributed by atoms with E-state index in [0.717, 1.165) is 31.1 Å². The maximum atomic E-state index is 5.82. The van der Waals surface area contributed by atoms with E-state index in [1.165, 1.54) is 18.4 Å². The van der Waals surface area contributed by atoms with Crippen LogP contribution in [0.1, 0.15) is 31.4 Å². The number of ether oxygens (including phenoxy) is 2. The molecule has 1 fully saturated rings. The minimum atomic E-state index is 0.379. The van der Waals surface area contributed by atoms with Crippen molar-refractivity contribution in [2.24, 2.45) is 11.7 Å². The van der Waals surface area contributed by atoms with Crippen LogP contribution in [0.25, 0.3) is 0 Å². The quantitative estimate of drug-likeness (QED) is 0.898. The summed E-state index contributed by atoms with van der Waals surface area (Å²) >= 11 is 0. The van der Waals surface area contributed by atoms with Crippen LogP contribution < -0.4 is 15.2 Å². The molecular formula is C16H26N2O2. The number of methoxy groups -OCH3 is 2. The molecule has 1 aliphatic rings. The predicted molar refractivity (Wildman–Crippen MR) is 81.3 cm³/mol. The van der Waals surface area contributed by atoms with Crippen LogP contribution in [0, 0.1) is 5.92 Å². The number of hydrogen-bond acceptors (Lipinski definition) is 4. The van der Waals surface area contributed by atoms with Gasteiger partial charge in [-0.15, -0.1) is 0 Å². The first-order valence-corrected chi connectivity index (χ1v) is 7.35. The third kappa shape index (κ3) is 3.25. The SMILES string of the molecule is COc1ccc(C(C)N2CCCC(CN)C2)cc1OC. The molecule has 0 aromatic heterocycles. The average molecular weight is 278 g/mol. The van der Waals surface area contributed by atoms with Gasteiger partial charge >= 0.3 is 0 Å². The molecular weight excluding hydrogens is 252 g/mol. The molecule has 2 rings (SSSR count). The van der Waals surface area contributed by atoms with Crippen molar-refractivity contribution in [3.8, 4) is 11.5 Å². The summed E-state index contributed by atoms with van der Waals surface area (Å²) in [7, 11) is 3.34. The third-order valence-corrected chi connectivity index (χ3v) is 4.32. The fraction of sp³-hybridized carbons (Fsp3) is 0.625. The molecule has 1 saturated heterocycles. The maximum Gasteiger partial charge on any atom is 0.161 e. The minimum absolute atomic E-state index is 0.379. The first-order valence-electron chi connectivity index (χ1n) is 7.35. The summed E-state index contributed by atoms with van der Waals surface area (Å²) in [5, 5.41) is 0. The maximum absolute atomic E-state index is 5.82.